The van der Waals surface area contributed by atoms with E-state index in [1.54, 1.807) is 0 Å². The van der Waals surface area contributed by atoms with Gasteiger partial charge in [0, 0.05) is 32.7 Å². The Hall–Kier alpha value is -1.38. The highest BCUT2D eigenvalue weighted by Gasteiger charge is 2.09. The van der Waals surface area contributed by atoms with Gasteiger partial charge in [-0.25, -0.2) is 0 Å². The van der Waals surface area contributed by atoms with Crippen LogP contribution in [0.25, 0.3) is 10.8 Å². The lowest BCUT2D eigenvalue weighted by Crippen LogP contribution is -2.40. The van der Waals surface area contributed by atoms with Crippen LogP contribution in [0.15, 0.2) is 47.5 Å². The molecule has 148 valence electrons. The van der Waals surface area contributed by atoms with E-state index in [4.69, 9.17) is 9.73 Å². The number of benzene rings is 2. The van der Waals surface area contributed by atoms with Crippen LogP contribution < -0.4 is 10.6 Å². The van der Waals surface area contributed by atoms with Crippen LogP contribution in [0.3, 0.4) is 0 Å². The summed E-state index contributed by atoms with van der Waals surface area (Å²) in [6, 6.07) is 15.2. The molecule has 0 bridgehead atoms. The molecule has 1 saturated heterocycles. The molecule has 0 amide bonds. The predicted octanol–water partition coefficient (Wildman–Crippen LogP) is 2.89. The zero-order chi connectivity index (χ0) is 18.0. The molecule has 2 aromatic rings. The molecule has 3 rings (SSSR count). The summed E-state index contributed by atoms with van der Waals surface area (Å²) in [6.07, 6.45) is 0.985. The minimum absolute atomic E-state index is 0. The highest BCUT2D eigenvalue weighted by Crippen LogP contribution is 2.15. The number of aliphatic imine (C=N–C) groups is 1. The molecule has 2 N–H and O–H groups in total. The van der Waals surface area contributed by atoms with Crippen molar-refractivity contribution in [2.24, 2.45) is 4.99 Å². The molecule has 0 radical (unpaired) electrons. The van der Waals surface area contributed by atoms with E-state index < -0.39 is 0 Å². The van der Waals surface area contributed by atoms with Gasteiger partial charge in [0.25, 0.3) is 0 Å². The molecule has 1 heterocycles. The number of morpholine rings is 1. The standard InChI is InChI=1S/C21H30N4O.HI/c1-2-22-21(24-11-12-25-13-15-26-16-14-25)23-10-9-18-7-8-19-5-3-4-6-20(19)17-18;/h3-8,17H,2,9-16H2,1H3,(H2,22,23,24);1H. The van der Waals surface area contributed by atoms with Crippen LogP contribution in [0.5, 0.6) is 0 Å². The van der Waals surface area contributed by atoms with Gasteiger partial charge in [-0.05, 0) is 29.7 Å². The smallest absolute Gasteiger partial charge is 0.191 e. The molecule has 5 nitrogen and oxygen atoms in total. The van der Waals surface area contributed by atoms with Gasteiger partial charge in [0.15, 0.2) is 5.96 Å². The van der Waals surface area contributed by atoms with Crippen LogP contribution in [0.4, 0.5) is 0 Å². The number of ether oxygens (including phenoxy) is 1. The van der Waals surface area contributed by atoms with Crippen LogP contribution >= 0.6 is 24.0 Å². The predicted molar refractivity (Wildman–Crippen MR) is 124 cm³/mol. The molecule has 0 spiro atoms. The van der Waals surface area contributed by atoms with Crippen molar-refractivity contribution >= 4 is 40.7 Å². The number of nitrogens with zero attached hydrogens (tertiary/aromatic N) is 2. The topological polar surface area (TPSA) is 48.9 Å². The normalized spacial score (nSPS) is 15.4. The van der Waals surface area contributed by atoms with E-state index in [2.05, 4.69) is 64.9 Å². The van der Waals surface area contributed by atoms with Gasteiger partial charge in [-0.1, -0.05) is 42.5 Å². The van der Waals surface area contributed by atoms with E-state index in [1.165, 1.54) is 16.3 Å². The largest absolute Gasteiger partial charge is 0.379 e. The SMILES string of the molecule is CCNC(=NCCN1CCOCC1)NCCc1ccc2ccccc2c1.I. The second-order valence-corrected chi connectivity index (χ2v) is 6.57. The maximum Gasteiger partial charge on any atom is 0.191 e. The van der Waals surface area contributed by atoms with Gasteiger partial charge in [0.1, 0.15) is 0 Å². The summed E-state index contributed by atoms with van der Waals surface area (Å²) in [7, 11) is 0. The molecular formula is C21H31IN4O. The molecule has 0 aromatic heterocycles. The van der Waals surface area contributed by atoms with Crippen molar-refractivity contribution < 1.29 is 4.74 Å². The fourth-order valence-corrected chi connectivity index (χ4v) is 3.19. The molecule has 27 heavy (non-hydrogen) atoms. The van der Waals surface area contributed by atoms with Gasteiger partial charge in [-0.3, -0.25) is 9.89 Å². The van der Waals surface area contributed by atoms with Crippen molar-refractivity contribution in [1.29, 1.82) is 0 Å². The average molecular weight is 482 g/mol. The molecule has 1 aliphatic heterocycles. The number of hydrogen-bond acceptors (Lipinski definition) is 3. The fraction of sp³-hybridized carbons (Fsp3) is 0.476. The Morgan fingerprint density at radius 2 is 1.85 bits per heavy atom. The Morgan fingerprint density at radius 3 is 2.63 bits per heavy atom. The third kappa shape index (κ3) is 7.27. The number of nitrogens with one attached hydrogen (secondary N) is 2. The number of guanidine groups is 1. The van der Waals surface area contributed by atoms with E-state index in [0.717, 1.165) is 64.9 Å². The number of halogens is 1. The zero-order valence-electron chi connectivity index (χ0n) is 16.1. The lowest BCUT2D eigenvalue weighted by atomic mass is 10.1. The second-order valence-electron chi connectivity index (χ2n) is 6.57. The molecule has 1 fully saturated rings. The van der Waals surface area contributed by atoms with Crippen LogP contribution in [0.1, 0.15) is 12.5 Å². The maximum absolute atomic E-state index is 5.39. The molecule has 0 aliphatic carbocycles. The summed E-state index contributed by atoms with van der Waals surface area (Å²) < 4.78 is 5.39. The van der Waals surface area contributed by atoms with Crippen molar-refractivity contribution in [1.82, 2.24) is 15.5 Å². The summed E-state index contributed by atoms with van der Waals surface area (Å²) in [5.74, 6) is 0.904. The van der Waals surface area contributed by atoms with Crippen LogP contribution in [-0.2, 0) is 11.2 Å². The van der Waals surface area contributed by atoms with Crippen LogP contribution in [-0.4, -0.2) is 63.3 Å². The monoisotopic (exact) mass is 482 g/mol. The highest BCUT2D eigenvalue weighted by molar-refractivity contribution is 14.0. The Kier molecular flexibility index (Phi) is 9.86. The first-order valence-electron chi connectivity index (χ1n) is 9.65. The zero-order valence-corrected chi connectivity index (χ0v) is 18.4. The molecule has 2 aromatic carbocycles. The van der Waals surface area contributed by atoms with Crippen molar-refractivity contribution in [3.8, 4) is 0 Å². The lowest BCUT2D eigenvalue weighted by molar-refractivity contribution is 0.0394. The Bertz CT molecular complexity index is 716. The first-order chi connectivity index (χ1) is 12.8. The summed E-state index contributed by atoms with van der Waals surface area (Å²) in [4.78, 5) is 7.11. The van der Waals surface area contributed by atoms with E-state index in [0.29, 0.717) is 0 Å². The number of rotatable bonds is 7. The average Bonchev–Trinajstić information content (AvgIpc) is 2.69. The molecule has 1 aliphatic rings. The fourth-order valence-electron chi connectivity index (χ4n) is 3.19. The molecule has 0 atom stereocenters. The first kappa shape index (κ1) is 21.9. The van der Waals surface area contributed by atoms with Crippen molar-refractivity contribution in [3.63, 3.8) is 0 Å². The Labute approximate surface area is 179 Å². The number of hydrogen-bond donors (Lipinski definition) is 2. The Balaban J connectivity index is 0.00000261. The van der Waals surface area contributed by atoms with E-state index in [-0.39, 0.29) is 24.0 Å². The first-order valence-corrected chi connectivity index (χ1v) is 9.65. The summed E-state index contributed by atoms with van der Waals surface area (Å²) in [6.45, 7) is 9.37. The minimum Gasteiger partial charge on any atom is -0.379 e. The van der Waals surface area contributed by atoms with Gasteiger partial charge in [-0.2, -0.15) is 0 Å². The van der Waals surface area contributed by atoms with Crippen molar-refractivity contribution in [2.45, 2.75) is 13.3 Å². The molecular weight excluding hydrogens is 451 g/mol. The molecule has 0 unspecified atom stereocenters. The van der Waals surface area contributed by atoms with Crippen LogP contribution in [0.2, 0.25) is 0 Å². The third-order valence-corrected chi connectivity index (χ3v) is 4.65. The second kappa shape index (κ2) is 12.2. The van der Waals surface area contributed by atoms with Gasteiger partial charge in [-0.15, -0.1) is 24.0 Å². The van der Waals surface area contributed by atoms with Gasteiger partial charge >= 0.3 is 0 Å². The van der Waals surface area contributed by atoms with Gasteiger partial charge < -0.3 is 15.4 Å². The van der Waals surface area contributed by atoms with Gasteiger partial charge in [0.05, 0.1) is 19.8 Å². The van der Waals surface area contributed by atoms with Crippen LogP contribution in [0, 0.1) is 0 Å². The highest BCUT2D eigenvalue weighted by atomic mass is 127. The van der Waals surface area contributed by atoms with E-state index in [9.17, 15) is 0 Å². The summed E-state index contributed by atoms with van der Waals surface area (Å²) in [5.41, 5.74) is 1.35. The summed E-state index contributed by atoms with van der Waals surface area (Å²) >= 11 is 0. The van der Waals surface area contributed by atoms with E-state index >= 15 is 0 Å². The maximum atomic E-state index is 5.39. The van der Waals surface area contributed by atoms with E-state index in [1.807, 2.05) is 0 Å². The third-order valence-electron chi connectivity index (χ3n) is 4.65. The Morgan fingerprint density at radius 1 is 1.07 bits per heavy atom. The van der Waals surface area contributed by atoms with Gasteiger partial charge in [0.2, 0.25) is 0 Å². The van der Waals surface area contributed by atoms with Crippen molar-refractivity contribution in [2.75, 3.05) is 52.5 Å². The minimum atomic E-state index is 0. The number of fused-ring (bicyclic) bond motifs is 1. The molecule has 6 heteroatoms. The summed E-state index contributed by atoms with van der Waals surface area (Å²) in [5, 5.41) is 9.38. The molecule has 0 saturated carbocycles. The van der Waals surface area contributed by atoms with Crippen molar-refractivity contribution in [3.05, 3.63) is 48.0 Å². The quantitative estimate of drug-likeness (QED) is 0.362. The lowest BCUT2D eigenvalue weighted by Gasteiger charge is -2.25.